The molecule has 1 aromatic rings. The van der Waals surface area contributed by atoms with Crippen molar-refractivity contribution in [1.29, 1.82) is 0 Å². The molecule has 2 heterocycles. The smallest absolute Gasteiger partial charge is 0.341 e. The third-order valence-corrected chi connectivity index (χ3v) is 4.02. The number of nitrogens with one attached hydrogen (secondary N) is 1. The van der Waals surface area contributed by atoms with Gasteiger partial charge in [-0.2, -0.15) is 5.10 Å². The van der Waals surface area contributed by atoms with E-state index in [1.807, 2.05) is 14.0 Å². The summed E-state index contributed by atoms with van der Waals surface area (Å²) in [5.41, 5.74) is 1.51. The largest absolute Gasteiger partial charge is 0.462 e. The van der Waals surface area contributed by atoms with Gasteiger partial charge in [0.25, 0.3) is 0 Å². The Kier molecular flexibility index (Phi) is 5.76. The van der Waals surface area contributed by atoms with Crippen molar-refractivity contribution in [2.75, 3.05) is 26.2 Å². The van der Waals surface area contributed by atoms with Crippen molar-refractivity contribution in [2.45, 2.75) is 39.3 Å². The summed E-state index contributed by atoms with van der Waals surface area (Å²) in [5, 5.41) is 7.73. The Labute approximate surface area is 126 Å². The topological polar surface area (TPSA) is 59.4 Å². The second kappa shape index (κ2) is 7.56. The van der Waals surface area contributed by atoms with E-state index in [9.17, 15) is 4.79 Å². The predicted molar refractivity (Wildman–Crippen MR) is 81.1 cm³/mol. The van der Waals surface area contributed by atoms with Crippen molar-refractivity contribution in [3.8, 4) is 0 Å². The number of carbonyl (C=O) groups is 1. The normalized spacial score (nSPS) is 18.4. The summed E-state index contributed by atoms with van der Waals surface area (Å²) in [6.45, 7) is 8.14. The lowest BCUT2D eigenvalue weighted by atomic mass is 10.2. The number of ether oxygens (including phenoxy) is 1. The van der Waals surface area contributed by atoms with Crippen LogP contribution in [0.5, 0.6) is 0 Å². The average Bonchev–Trinajstić information content (AvgIpc) is 3.09. The van der Waals surface area contributed by atoms with E-state index in [-0.39, 0.29) is 5.97 Å². The van der Waals surface area contributed by atoms with Gasteiger partial charge in [-0.1, -0.05) is 6.92 Å². The lowest BCUT2D eigenvalue weighted by Crippen LogP contribution is -2.37. The first kappa shape index (κ1) is 16.0. The van der Waals surface area contributed by atoms with E-state index in [1.54, 1.807) is 10.9 Å². The Morgan fingerprint density at radius 2 is 2.38 bits per heavy atom. The van der Waals surface area contributed by atoms with Gasteiger partial charge in [0.1, 0.15) is 5.56 Å². The second-order valence-corrected chi connectivity index (χ2v) is 5.47. The van der Waals surface area contributed by atoms with Gasteiger partial charge in [-0.25, -0.2) is 4.79 Å². The summed E-state index contributed by atoms with van der Waals surface area (Å²) in [6.07, 6.45) is 4.09. The summed E-state index contributed by atoms with van der Waals surface area (Å²) in [7, 11) is 1.87. The number of carbonyl (C=O) groups excluding carboxylic acids is 1. The highest BCUT2D eigenvalue weighted by Gasteiger charge is 2.22. The fraction of sp³-hybridized carbons (Fsp3) is 0.733. The molecule has 6 heteroatoms. The van der Waals surface area contributed by atoms with Crippen molar-refractivity contribution in [3.05, 3.63) is 17.5 Å². The molecule has 0 bridgehead atoms. The van der Waals surface area contributed by atoms with Crippen LogP contribution in [0.1, 0.15) is 42.7 Å². The molecule has 0 amide bonds. The van der Waals surface area contributed by atoms with E-state index in [0.29, 0.717) is 18.2 Å². The van der Waals surface area contributed by atoms with Gasteiger partial charge in [0.15, 0.2) is 0 Å². The standard InChI is InChI=1S/C15H26N4O2/c1-4-19(10-12-7-6-8-16-12)11-14-13(9-17-18(14)3)15(20)21-5-2/h9,12,16H,4-8,10-11H2,1-3H3. The molecular weight excluding hydrogens is 268 g/mol. The van der Waals surface area contributed by atoms with Gasteiger partial charge in [-0.15, -0.1) is 0 Å². The Morgan fingerprint density at radius 3 is 3.00 bits per heavy atom. The summed E-state index contributed by atoms with van der Waals surface area (Å²) < 4.78 is 6.88. The minimum atomic E-state index is -0.282. The zero-order valence-electron chi connectivity index (χ0n) is 13.3. The monoisotopic (exact) mass is 294 g/mol. The highest BCUT2D eigenvalue weighted by Crippen LogP contribution is 2.14. The first-order valence-corrected chi connectivity index (χ1v) is 7.79. The van der Waals surface area contributed by atoms with Crippen LogP contribution in [-0.2, 0) is 18.3 Å². The summed E-state index contributed by atoms with van der Waals surface area (Å²) >= 11 is 0. The third kappa shape index (κ3) is 4.04. The minimum Gasteiger partial charge on any atom is -0.462 e. The number of hydrogen-bond donors (Lipinski definition) is 1. The first-order valence-electron chi connectivity index (χ1n) is 7.79. The molecule has 118 valence electrons. The van der Waals surface area contributed by atoms with Gasteiger partial charge < -0.3 is 10.1 Å². The molecule has 0 aromatic carbocycles. The summed E-state index contributed by atoms with van der Waals surface area (Å²) in [4.78, 5) is 14.3. The van der Waals surface area contributed by atoms with Crippen LogP contribution in [-0.4, -0.2) is 52.9 Å². The van der Waals surface area contributed by atoms with E-state index in [4.69, 9.17) is 4.74 Å². The maximum absolute atomic E-state index is 12.0. The second-order valence-electron chi connectivity index (χ2n) is 5.47. The van der Waals surface area contributed by atoms with Crippen LogP contribution in [0, 0.1) is 0 Å². The molecule has 1 atom stereocenters. The van der Waals surface area contributed by atoms with Crippen LogP contribution in [0.15, 0.2) is 6.20 Å². The molecule has 6 nitrogen and oxygen atoms in total. The molecular formula is C15H26N4O2. The van der Waals surface area contributed by atoms with Crippen LogP contribution in [0.4, 0.5) is 0 Å². The summed E-state index contributed by atoms with van der Waals surface area (Å²) in [6, 6.07) is 0.559. The number of aromatic nitrogens is 2. The Hall–Kier alpha value is -1.40. The molecule has 0 aliphatic carbocycles. The van der Waals surface area contributed by atoms with Crippen molar-refractivity contribution in [1.82, 2.24) is 20.0 Å². The number of rotatable bonds is 7. The number of aryl methyl sites for hydroxylation is 1. The maximum Gasteiger partial charge on any atom is 0.341 e. The number of hydrogen-bond acceptors (Lipinski definition) is 5. The number of esters is 1. The Bertz CT molecular complexity index is 466. The van der Waals surface area contributed by atoms with Crippen LogP contribution in [0.3, 0.4) is 0 Å². The molecule has 21 heavy (non-hydrogen) atoms. The van der Waals surface area contributed by atoms with Crippen LogP contribution in [0.2, 0.25) is 0 Å². The highest BCUT2D eigenvalue weighted by atomic mass is 16.5. The third-order valence-electron chi connectivity index (χ3n) is 4.02. The Balaban J connectivity index is 2.05. The van der Waals surface area contributed by atoms with Crippen LogP contribution < -0.4 is 5.32 Å². The molecule has 1 N–H and O–H groups in total. The molecule has 1 aromatic heterocycles. The SMILES string of the molecule is CCOC(=O)c1cnn(C)c1CN(CC)CC1CCCN1. The first-order chi connectivity index (χ1) is 10.2. The fourth-order valence-electron chi connectivity index (χ4n) is 2.77. The quantitative estimate of drug-likeness (QED) is 0.765. The molecule has 1 unspecified atom stereocenters. The van der Waals surface area contributed by atoms with E-state index >= 15 is 0 Å². The lowest BCUT2D eigenvalue weighted by molar-refractivity contribution is 0.0523. The number of likely N-dealkylation sites (N-methyl/N-ethyl adjacent to an activating group) is 1. The molecule has 1 saturated heterocycles. The summed E-state index contributed by atoms with van der Waals surface area (Å²) in [5.74, 6) is -0.282. The van der Waals surface area contributed by atoms with Crippen LogP contribution in [0.25, 0.3) is 0 Å². The van der Waals surface area contributed by atoms with Gasteiger partial charge in [-0.3, -0.25) is 9.58 Å². The molecule has 1 aliphatic rings. The van der Waals surface area contributed by atoms with Crippen molar-refractivity contribution in [2.24, 2.45) is 7.05 Å². The maximum atomic E-state index is 12.0. The van der Waals surface area contributed by atoms with Gasteiger partial charge >= 0.3 is 5.97 Å². The Morgan fingerprint density at radius 1 is 1.57 bits per heavy atom. The zero-order valence-corrected chi connectivity index (χ0v) is 13.3. The van der Waals surface area contributed by atoms with E-state index in [0.717, 1.165) is 31.9 Å². The average molecular weight is 294 g/mol. The molecule has 2 rings (SSSR count). The fourth-order valence-corrected chi connectivity index (χ4v) is 2.77. The predicted octanol–water partition coefficient (Wildman–Crippen LogP) is 1.17. The molecule has 1 aliphatic heterocycles. The number of nitrogens with zero attached hydrogens (tertiary/aromatic N) is 3. The molecule has 1 fully saturated rings. The van der Waals surface area contributed by atoms with Gasteiger partial charge in [0, 0.05) is 26.2 Å². The van der Waals surface area contributed by atoms with Crippen molar-refractivity contribution in [3.63, 3.8) is 0 Å². The van der Waals surface area contributed by atoms with Gasteiger partial charge in [0.2, 0.25) is 0 Å². The van der Waals surface area contributed by atoms with E-state index in [2.05, 4.69) is 22.2 Å². The lowest BCUT2D eigenvalue weighted by Gasteiger charge is -2.24. The van der Waals surface area contributed by atoms with Crippen molar-refractivity contribution >= 4 is 5.97 Å². The van der Waals surface area contributed by atoms with E-state index in [1.165, 1.54) is 12.8 Å². The molecule has 0 saturated carbocycles. The van der Waals surface area contributed by atoms with Crippen molar-refractivity contribution < 1.29 is 9.53 Å². The van der Waals surface area contributed by atoms with Crippen LogP contribution >= 0.6 is 0 Å². The van der Waals surface area contributed by atoms with Gasteiger partial charge in [0.05, 0.1) is 18.5 Å². The van der Waals surface area contributed by atoms with Gasteiger partial charge in [-0.05, 0) is 32.9 Å². The molecule has 0 radical (unpaired) electrons. The van der Waals surface area contributed by atoms with E-state index < -0.39 is 0 Å². The molecule has 0 spiro atoms. The highest BCUT2D eigenvalue weighted by molar-refractivity contribution is 5.90. The zero-order chi connectivity index (χ0) is 15.2. The minimum absolute atomic E-state index is 0.282.